The fraction of sp³-hybridized carbons (Fsp3) is 0.643. The van der Waals surface area contributed by atoms with E-state index in [4.69, 9.17) is 14.2 Å². The minimum atomic E-state index is -1.76. The molecule has 6 atom stereocenters. The van der Waals surface area contributed by atoms with Crippen LogP contribution in [-0.2, 0) is 28.6 Å². The number of amides is 1. The Balaban J connectivity index is 1.49. The van der Waals surface area contributed by atoms with Crippen LogP contribution in [0, 0.1) is 16.2 Å². The van der Waals surface area contributed by atoms with E-state index < -0.39 is 64.1 Å². The van der Waals surface area contributed by atoms with Crippen LogP contribution >= 0.6 is 0 Å². The molecule has 39 heavy (non-hydrogen) atoms. The summed E-state index contributed by atoms with van der Waals surface area (Å²) in [5.41, 5.74) is -5.86. The molecule has 2 N–H and O–H groups in total. The number of hydrogen-bond acceptors (Lipinski definition) is 10. The van der Waals surface area contributed by atoms with E-state index in [0.717, 1.165) is 26.2 Å². The fourth-order valence-corrected chi connectivity index (χ4v) is 7.76. The van der Waals surface area contributed by atoms with Gasteiger partial charge in [-0.1, -0.05) is 39.0 Å². The first-order valence-electron chi connectivity index (χ1n) is 13.6. The van der Waals surface area contributed by atoms with Crippen molar-refractivity contribution >= 4 is 23.8 Å². The van der Waals surface area contributed by atoms with Crippen molar-refractivity contribution in [3.05, 3.63) is 35.9 Å². The first kappa shape index (κ1) is 26.2. The van der Waals surface area contributed by atoms with E-state index in [1.807, 2.05) is 20.8 Å². The Bertz CT molecular complexity index is 1210. The van der Waals surface area contributed by atoms with Gasteiger partial charge in [-0.05, 0) is 17.5 Å². The number of carbonyl (C=O) groups excluding carboxylic acids is 4. The number of nitrogens with one attached hydrogen (secondary N) is 1. The summed E-state index contributed by atoms with van der Waals surface area (Å²) in [7, 11) is 0. The summed E-state index contributed by atoms with van der Waals surface area (Å²) in [6.07, 6.45) is -4.23. The van der Waals surface area contributed by atoms with Crippen LogP contribution in [-0.4, -0.2) is 102 Å². The molecule has 4 heterocycles. The first-order chi connectivity index (χ1) is 18.5. The Morgan fingerprint density at radius 2 is 1.79 bits per heavy atom. The van der Waals surface area contributed by atoms with Crippen LogP contribution in [0.3, 0.4) is 0 Å². The van der Waals surface area contributed by atoms with Crippen molar-refractivity contribution in [1.29, 1.82) is 0 Å². The van der Waals surface area contributed by atoms with Gasteiger partial charge in [-0.3, -0.25) is 19.3 Å². The number of hydrogen-bond donors (Lipinski definition) is 2. The second kappa shape index (κ2) is 8.74. The van der Waals surface area contributed by atoms with Gasteiger partial charge in [0.2, 0.25) is 0 Å². The minimum absolute atomic E-state index is 0.0772. The Kier molecular flexibility index (Phi) is 5.87. The number of rotatable bonds is 5. The van der Waals surface area contributed by atoms with Crippen LogP contribution in [0.2, 0.25) is 0 Å². The van der Waals surface area contributed by atoms with Crippen LogP contribution in [0.25, 0.3) is 0 Å². The minimum Gasteiger partial charge on any atom is -0.461 e. The molecule has 0 aromatic heterocycles. The number of likely N-dealkylation sites (tertiary alicyclic amines) is 1. The van der Waals surface area contributed by atoms with E-state index in [1.54, 1.807) is 30.3 Å². The molecule has 1 aliphatic carbocycles. The second-order valence-corrected chi connectivity index (χ2v) is 12.3. The topological polar surface area (TPSA) is 135 Å². The lowest BCUT2D eigenvalue weighted by atomic mass is 9.52. The highest BCUT2D eigenvalue weighted by Crippen LogP contribution is 2.76. The third kappa shape index (κ3) is 3.32. The number of piperazine rings is 1. The molecule has 4 saturated heterocycles. The maximum Gasteiger partial charge on any atom is 0.338 e. The molecule has 0 unspecified atom stereocenters. The molecule has 0 bridgehead atoms. The SMILES string of the molecule is CC(C)(C)[C@]1(O)C[C@@H]2OC(=O)C[C@@]23C(=O)O[C@@H]2N(CCN4CCNCC4)C(=O)[C@@H](OC(=O)c4ccccc4)[C@]213. The number of benzene rings is 1. The molecule has 2 spiro atoms. The maximum absolute atomic E-state index is 14.3. The summed E-state index contributed by atoms with van der Waals surface area (Å²) < 4.78 is 17.6. The number of nitrogens with zero attached hydrogens (tertiary/aromatic N) is 2. The highest BCUT2D eigenvalue weighted by molar-refractivity contribution is 5.99. The number of ether oxygens (including phenoxy) is 3. The average molecular weight is 542 g/mol. The van der Waals surface area contributed by atoms with E-state index in [-0.39, 0.29) is 24.9 Å². The quantitative estimate of drug-likeness (QED) is 0.396. The largest absolute Gasteiger partial charge is 0.461 e. The lowest BCUT2D eigenvalue weighted by Crippen LogP contribution is -2.66. The van der Waals surface area contributed by atoms with Crippen molar-refractivity contribution in [1.82, 2.24) is 15.1 Å². The van der Waals surface area contributed by atoms with Gasteiger partial charge < -0.3 is 29.5 Å². The highest BCUT2D eigenvalue weighted by atomic mass is 16.6. The molecular formula is C28H35N3O8. The normalized spacial score (nSPS) is 37.8. The van der Waals surface area contributed by atoms with Gasteiger partial charge in [-0.25, -0.2) is 4.79 Å². The summed E-state index contributed by atoms with van der Waals surface area (Å²) in [6, 6.07) is 8.25. The van der Waals surface area contributed by atoms with Gasteiger partial charge in [-0.15, -0.1) is 0 Å². The third-order valence-electron chi connectivity index (χ3n) is 9.67. The predicted molar refractivity (Wildman–Crippen MR) is 135 cm³/mol. The number of esters is 3. The maximum atomic E-state index is 14.3. The van der Waals surface area contributed by atoms with Crippen molar-refractivity contribution in [2.75, 3.05) is 39.3 Å². The van der Waals surface area contributed by atoms with Crippen LogP contribution < -0.4 is 5.32 Å². The molecule has 0 radical (unpaired) electrons. The summed E-state index contributed by atoms with van der Waals surface area (Å²) in [5.74, 6) is -2.61. The zero-order chi connectivity index (χ0) is 27.8. The molecule has 1 aromatic rings. The zero-order valence-corrected chi connectivity index (χ0v) is 22.5. The van der Waals surface area contributed by atoms with Crippen LogP contribution in [0.5, 0.6) is 0 Å². The smallest absolute Gasteiger partial charge is 0.338 e. The number of carbonyl (C=O) groups is 4. The summed E-state index contributed by atoms with van der Waals surface area (Å²) in [5, 5.41) is 16.0. The average Bonchev–Trinajstić information content (AvgIpc) is 3.51. The van der Waals surface area contributed by atoms with Crippen molar-refractivity contribution in [2.24, 2.45) is 16.2 Å². The lowest BCUT2D eigenvalue weighted by Gasteiger charge is -2.51. The molecule has 210 valence electrons. The molecule has 11 nitrogen and oxygen atoms in total. The van der Waals surface area contributed by atoms with Gasteiger partial charge in [0.1, 0.15) is 16.9 Å². The Labute approximate surface area is 226 Å². The second-order valence-electron chi connectivity index (χ2n) is 12.3. The monoisotopic (exact) mass is 541 g/mol. The van der Waals surface area contributed by atoms with Gasteiger partial charge >= 0.3 is 17.9 Å². The highest BCUT2D eigenvalue weighted by Gasteiger charge is 2.93. The lowest BCUT2D eigenvalue weighted by molar-refractivity contribution is -0.212. The molecule has 4 aliphatic heterocycles. The van der Waals surface area contributed by atoms with Crippen molar-refractivity contribution < 1.29 is 38.5 Å². The van der Waals surface area contributed by atoms with Gasteiger partial charge in [0.25, 0.3) is 5.91 Å². The molecule has 6 rings (SSSR count). The Morgan fingerprint density at radius 1 is 1.10 bits per heavy atom. The molecule has 11 heteroatoms. The van der Waals surface area contributed by atoms with E-state index >= 15 is 0 Å². The first-order valence-corrected chi connectivity index (χ1v) is 13.6. The molecule has 1 saturated carbocycles. The Morgan fingerprint density at radius 3 is 2.46 bits per heavy atom. The van der Waals surface area contributed by atoms with E-state index in [0.29, 0.717) is 6.54 Å². The van der Waals surface area contributed by atoms with Crippen LogP contribution in [0.4, 0.5) is 0 Å². The van der Waals surface area contributed by atoms with Gasteiger partial charge in [0.15, 0.2) is 12.3 Å². The zero-order valence-electron chi connectivity index (χ0n) is 22.5. The number of aliphatic hydroxyl groups is 1. The standard InChI is InChI=1S/C28H35N3O8/c1-25(2,3)27(36)15-18-26(16-19(32)37-18)24(35)39-23-28(26,27)20(38-22(34)17-7-5-4-6-8-17)21(33)31(23)14-13-30-11-9-29-10-12-30/h4-8,18,20,23,29,36H,9-16H2,1-3H3/t18-,20+,23-,26-,27+,28+/m0/s1. The molecular weight excluding hydrogens is 506 g/mol. The molecule has 1 aromatic carbocycles. The van der Waals surface area contributed by atoms with Crippen molar-refractivity contribution in [2.45, 2.75) is 57.6 Å². The summed E-state index contributed by atoms with van der Waals surface area (Å²) >= 11 is 0. The molecule has 1 amide bonds. The van der Waals surface area contributed by atoms with Crippen LogP contribution in [0.15, 0.2) is 30.3 Å². The molecule has 5 fully saturated rings. The predicted octanol–water partition coefficient (Wildman–Crippen LogP) is 0.312. The fourth-order valence-electron chi connectivity index (χ4n) is 7.76. The van der Waals surface area contributed by atoms with E-state index in [2.05, 4.69) is 10.2 Å². The van der Waals surface area contributed by atoms with E-state index in [9.17, 15) is 24.3 Å². The Hall–Kier alpha value is -3.02. The van der Waals surface area contributed by atoms with Crippen LogP contribution in [0.1, 0.15) is 44.0 Å². The summed E-state index contributed by atoms with van der Waals surface area (Å²) in [4.78, 5) is 57.8. The summed E-state index contributed by atoms with van der Waals surface area (Å²) in [6.45, 7) is 9.37. The van der Waals surface area contributed by atoms with Gasteiger partial charge in [0.05, 0.1) is 17.6 Å². The van der Waals surface area contributed by atoms with Crippen molar-refractivity contribution in [3.8, 4) is 0 Å². The van der Waals surface area contributed by atoms with Crippen molar-refractivity contribution in [3.63, 3.8) is 0 Å². The van der Waals surface area contributed by atoms with Gasteiger partial charge in [0, 0.05) is 45.7 Å². The molecule has 5 aliphatic rings. The van der Waals surface area contributed by atoms with E-state index in [1.165, 1.54) is 4.90 Å². The van der Waals surface area contributed by atoms with Gasteiger partial charge in [-0.2, -0.15) is 0 Å². The third-order valence-corrected chi connectivity index (χ3v) is 9.67.